The van der Waals surface area contributed by atoms with E-state index < -0.39 is 0 Å². The Bertz CT molecular complexity index is 608. The van der Waals surface area contributed by atoms with Gasteiger partial charge in [0.05, 0.1) is 18.7 Å². The molecule has 4 N–H and O–H groups in total. The smallest absolute Gasteiger partial charge is 0.239 e. The van der Waals surface area contributed by atoms with Gasteiger partial charge in [0.25, 0.3) is 0 Å². The number of aromatic nitrogens is 2. The molecule has 0 fully saturated rings. The predicted octanol–water partition coefficient (Wildman–Crippen LogP) is 2.29. The van der Waals surface area contributed by atoms with Gasteiger partial charge >= 0.3 is 0 Å². The summed E-state index contributed by atoms with van der Waals surface area (Å²) < 4.78 is 11.1. The summed E-state index contributed by atoms with van der Waals surface area (Å²) in [5, 5.41) is 3.14. The fourth-order valence-electron chi connectivity index (χ4n) is 1.58. The summed E-state index contributed by atoms with van der Waals surface area (Å²) in [6.07, 6.45) is 1.60. The van der Waals surface area contributed by atoms with Gasteiger partial charge in [-0.25, -0.2) is 10.8 Å². The number of hydrogen-bond acceptors (Lipinski definition) is 7. The van der Waals surface area contributed by atoms with Crippen LogP contribution in [0.25, 0.3) is 0 Å². The van der Waals surface area contributed by atoms with Crippen LogP contribution in [0.5, 0.6) is 11.5 Å². The van der Waals surface area contributed by atoms with Crippen LogP contribution in [0.3, 0.4) is 0 Å². The molecule has 20 heavy (non-hydrogen) atoms. The van der Waals surface area contributed by atoms with Crippen molar-refractivity contribution in [1.82, 2.24) is 9.97 Å². The van der Waals surface area contributed by atoms with Gasteiger partial charge in [-0.2, -0.15) is 4.98 Å². The molecule has 0 amide bonds. The molecule has 1 aromatic carbocycles. The molecule has 0 atom stereocenters. The summed E-state index contributed by atoms with van der Waals surface area (Å²) in [4.78, 5) is 8.19. The summed E-state index contributed by atoms with van der Waals surface area (Å²) in [6.45, 7) is 0. The molecule has 0 unspecified atom stereocenters. The number of rotatable bonds is 5. The third kappa shape index (κ3) is 3.09. The van der Waals surface area contributed by atoms with E-state index in [9.17, 15) is 0 Å². The van der Waals surface area contributed by atoms with Gasteiger partial charge in [-0.3, -0.25) is 5.43 Å². The third-order valence-electron chi connectivity index (χ3n) is 2.52. The number of halogens is 1. The van der Waals surface area contributed by atoms with Crippen LogP contribution in [0.15, 0.2) is 28.9 Å². The monoisotopic (exact) mass is 339 g/mol. The first kappa shape index (κ1) is 14.4. The summed E-state index contributed by atoms with van der Waals surface area (Å²) in [6, 6.07) is 5.47. The van der Waals surface area contributed by atoms with E-state index in [1.807, 2.05) is 12.1 Å². The minimum Gasteiger partial charge on any atom is -0.493 e. The molecule has 1 heterocycles. The number of ether oxygens (including phenoxy) is 2. The molecule has 8 heteroatoms. The van der Waals surface area contributed by atoms with Crippen molar-refractivity contribution in [3.05, 3.63) is 28.9 Å². The van der Waals surface area contributed by atoms with Crippen LogP contribution in [-0.2, 0) is 0 Å². The third-order valence-corrected chi connectivity index (χ3v) is 3.10. The van der Waals surface area contributed by atoms with Gasteiger partial charge in [-0.15, -0.1) is 0 Å². The van der Waals surface area contributed by atoms with Gasteiger partial charge in [-0.05, 0) is 28.1 Å². The average molecular weight is 340 g/mol. The van der Waals surface area contributed by atoms with E-state index in [2.05, 4.69) is 36.6 Å². The zero-order valence-corrected chi connectivity index (χ0v) is 12.6. The van der Waals surface area contributed by atoms with E-state index in [0.29, 0.717) is 27.7 Å². The number of nitrogen functional groups attached to an aromatic ring is 1. The lowest BCUT2D eigenvalue weighted by Crippen LogP contribution is -2.11. The number of nitrogens with one attached hydrogen (secondary N) is 2. The van der Waals surface area contributed by atoms with Gasteiger partial charge in [0, 0.05) is 18.0 Å². The Morgan fingerprint density at radius 2 is 1.95 bits per heavy atom. The molecule has 0 aliphatic carbocycles. The first-order chi connectivity index (χ1) is 9.67. The van der Waals surface area contributed by atoms with Crippen molar-refractivity contribution in [1.29, 1.82) is 0 Å². The van der Waals surface area contributed by atoms with Gasteiger partial charge in [0.1, 0.15) is 5.82 Å². The maximum atomic E-state index is 5.29. The van der Waals surface area contributed by atoms with E-state index in [4.69, 9.17) is 15.3 Å². The number of benzene rings is 1. The standard InChI is InChI=1S/C12H14BrN5O2/c1-19-9-4-3-7(5-10(9)20-2)16-11-8(13)6-15-12(17-11)18-14/h3-6H,14H2,1-2H3,(H2,15,16,17,18). The molecule has 0 aliphatic heterocycles. The zero-order chi connectivity index (χ0) is 14.5. The van der Waals surface area contributed by atoms with Crippen LogP contribution in [0.1, 0.15) is 0 Å². The lowest BCUT2D eigenvalue weighted by molar-refractivity contribution is 0.355. The average Bonchev–Trinajstić information content (AvgIpc) is 2.49. The second-order valence-electron chi connectivity index (χ2n) is 3.73. The Kier molecular flexibility index (Phi) is 4.59. The second-order valence-corrected chi connectivity index (χ2v) is 4.58. The van der Waals surface area contributed by atoms with Crippen molar-refractivity contribution in [2.24, 2.45) is 5.84 Å². The molecular formula is C12H14BrN5O2. The molecule has 7 nitrogen and oxygen atoms in total. The molecule has 2 aromatic rings. The van der Waals surface area contributed by atoms with E-state index in [1.165, 1.54) is 0 Å². The Hall–Kier alpha value is -2.06. The predicted molar refractivity (Wildman–Crippen MR) is 80.4 cm³/mol. The maximum absolute atomic E-state index is 5.29. The van der Waals surface area contributed by atoms with Crippen molar-refractivity contribution in [3.8, 4) is 11.5 Å². The summed E-state index contributed by atoms with van der Waals surface area (Å²) in [5.74, 6) is 7.47. The highest BCUT2D eigenvalue weighted by atomic mass is 79.9. The maximum Gasteiger partial charge on any atom is 0.239 e. The van der Waals surface area contributed by atoms with Gasteiger partial charge in [0.2, 0.25) is 5.95 Å². The van der Waals surface area contributed by atoms with Crippen LogP contribution in [0.4, 0.5) is 17.5 Å². The number of hydrogen-bond donors (Lipinski definition) is 3. The minimum absolute atomic E-state index is 0.316. The fourth-order valence-corrected chi connectivity index (χ4v) is 1.87. The van der Waals surface area contributed by atoms with E-state index in [0.717, 1.165) is 5.69 Å². The molecule has 0 saturated heterocycles. The Labute approximate surface area is 124 Å². The highest BCUT2D eigenvalue weighted by molar-refractivity contribution is 9.10. The zero-order valence-electron chi connectivity index (χ0n) is 11.0. The minimum atomic E-state index is 0.316. The number of nitrogens with zero attached hydrogens (tertiary/aromatic N) is 2. The highest BCUT2D eigenvalue weighted by Crippen LogP contribution is 2.32. The van der Waals surface area contributed by atoms with E-state index in [1.54, 1.807) is 26.5 Å². The molecule has 1 aromatic heterocycles. The molecule has 106 valence electrons. The topological polar surface area (TPSA) is 94.3 Å². The first-order valence-corrected chi connectivity index (χ1v) is 6.45. The van der Waals surface area contributed by atoms with E-state index >= 15 is 0 Å². The Morgan fingerprint density at radius 3 is 2.60 bits per heavy atom. The molecular weight excluding hydrogens is 326 g/mol. The molecule has 0 radical (unpaired) electrons. The van der Waals surface area contributed by atoms with Crippen molar-refractivity contribution >= 4 is 33.4 Å². The number of hydrazine groups is 1. The Morgan fingerprint density at radius 1 is 1.20 bits per heavy atom. The van der Waals surface area contributed by atoms with Gasteiger partial charge in [-0.1, -0.05) is 0 Å². The van der Waals surface area contributed by atoms with Crippen LogP contribution >= 0.6 is 15.9 Å². The number of anilines is 3. The molecule has 2 rings (SSSR count). The molecule has 0 spiro atoms. The largest absolute Gasteiger partial charge is 0.493 e. The van der Waals surface area contributed by atoms with Crippen molar-refractivity contribution in [2.45, 2.75) is 0 Å². The van der Waals surface area contributed by atoms with E-state index in [-0.39, 0.29) is 0 Å². The highest BCUT2D eigenvalue weighted by Gasteiger charge is 2.08. The van der Waals surface area contributed by atoms with Gasteiger partial charge < -0.3 is 14.8 Å². The van der Waals surface area contributed by atoms with Crippen LogP contribution < -0.4 is 26.1 Å². The van der Waals surface area contributed by atoms with Crippen molar-refractivity contribution in [3.63, 3.8) is 0 Å². The molecule has 0 saturated carbocycles. The van der Waals surface area contributed by atoms with Crippen molar-refractivity contribution < 1.29 is 9.47 Å². The van der Waals surface area contributed by atoms with Crippen LogP contribution in [0, 0.1) is 0 Å². The SMILES string of the molecule is COc1ccc(Nc2nc(NN)ncc2Br)cc1OC. The van der Waals surface area contributed by atoms with Gasteiger partial charge in [0.15, 0.2) is 11.5 Å². The Balaban J connectivity index is 2.30. The lowest BCUT2D eigenvalue weighted by Gasteiger charge is -2.12. The lowest BCUT2D eigenvalue weighted by atomic mass is 10.2. The molecule has 0 aliphatic rings. The molecule has 0 bridgehead atoms. The fraction of sp³-hybridized carbons (Fsp3) is 0.167. The first-order valence-electron chi connectivity index (χ1n) is 5.66. The van der Waals surface area contributed by atoms with Crippen LogP contribution in [-0.4, -0.2) is 24.2 Å². The summed E-state index contributed by atoms with van der Waals surface area (Å²) in [7, 11) is 3.17. The second kappa shape index (κ2) is 6.40. The van der Waals surface area contributed by atoms with Crippen molar-refractivity contribution in [2.75, 3.05) is 25.0 Å². The quantitative estimate of drug-likeness (QED) is 0.568. The number of methoxy groups -OCH3 is 2. The van der Waals surface area contributed by atoms with Crippen LogP contribution in [0.2, 0.25) is 0 Å². The summed E-state index contributed by atoms with van der Waals surface area (Å²) in [5.41, 5.74) is 3.19. The number of nitrogens with two attached hydrogens (primary N) is 1. The normalized spacial score (nSPS) is 10.0. The summed E-state index contributed by atoms with van der Waals surface area (Å²) >= 11 is 3.37.